The predicted molar refractivity (Wildman–Crippen MR) is 86.0 cm³/mol. The summed E-state index contributed by atoms with van der Waals surface area (Å²) < 4.78 is 5.54. The maximum Gasteiger partial charge on any atom is 0.323 e. The van der Waals surface area contributed by atoms with Crippen molar-refractivity contribution in [1.29, 1.82) is 5.26 Å². The number of carbonyl (C=O) groups is 1. The molecule has 2 amide bonds. The number of ether oxygens (including phenoxy) is 1. The Hall–Kier alpha value is -3.00. The topological polar surface area (TPSA) is 74.2 Å². The third-order valence-corrected chi connectivity index (χ3v) is 2.73. The fourth-order valence-corrected chi connectivity index (χ4v) is 1.85. The molecule has 2 N–H and O–H groups in total. The molecule has 0 aromatic heterocycles. The van der Waals surface area contributed by atoms with Gasteiger partial charge in [0.2, 0.25) is 0 Å². The summed E-state index contributed by atoms with van der Waals surface area (Å²) in [6.45, 7) is 3.91. The normalized spacial score (nSPS) is 9.91. The van der Waals surface area contributed by atoms with Gasteiger partial charge >= 0.3 is 6.03 Å². The van der Waals surface area contributed by atoms with Crippen molar-refractivity contribution in [2.75, 3.05) is 10.6 Å². The number of urea groups is 1. The summed E-state index contributed by atoms with van der Waals surface area (Å²) in [5.74, 6) is 0.752. The molecular weight excluding hydrogens is 278 g/mol. The number of anilines is 2. The van der Waals surface area contributed by atoms with Crippen LogP contribution in [0.2, 0.25) is 0 Å². The van der Waals surface area contributed by atoms with Crippen molar-refractivity contribution in [3.05, 3.63) is 54.1 Å². The first-order valence-electron chi connectivity index (χ1n) is 6.91. The minimum Gasteiger partial charge on any atom is -0.491 e. The van der Waals surface area contributed by atoms with Crippen LogP contribution in [0.4, 0.5) is 16.2 Å². The number of rotatable bonds is 4. The molecule has 0 saturated carbocycles. The number of hydrogen-bond donors (Lipinski definition) is 2. The van der Waals surface area contributed by atoms with Gasteiger partial charge < -0.3 is 15.4 Å². The van der Waals surface area contributed by atoms with Gasteiger partial charge in [0.05, 0.1) is 17.7 Å². The highest BCUT2D eigenvalue weighted by atomic mass is 16.5. The highest BCUT2D eigenvalue weighted by Crippen LogP contribution is 2.17. The second-order valence-electron chi connectivity index (χ2n) is 4.96. The van der Waals surface area contributed by atoms with Crippen LogP contribution < -0.4 is 15.4 Å². The van der Waals surface area contributed by atoms with Crippen molar-refractivity contribution in [3.63, 3.8) is 0 Å². The molecule has 5 heteroatoms. The first-order chi connectivity index (χ1) is 10.6. The van der Waals surface area contributed by atoms with Crippen LogP contribution in [0.3, 0.4) is 0 Å². The molecule has 0 spiro atoms. The molecule has 5 nitrogen and oxygen atoms in total. The van der Waals surface area contributed by atoms with Gasteiger partial charge in [-0.05, 0) is 56.3 Å². The molecule has 0 saturated heterocycles. The second kappa shape index (κ2) is 7.14. The molecule has 0 aliphatic rings. The Morgan fingerprint density at radius 2 is 1.77 bits per heavy atom. The minimum atomic E-state index is -0.368. The number of hydrogen-bond acceptors (Lipinski definition) is 3. The average molecular weight is 295 g/mol. The van der Waals surface area contributed by atoms with Crippen LogP contribution in [0.5, 0.6) is 5.75 Å². The van der Waals surface area contributed by atoms with E-state index >= 15 is 0 Å². The zero-order chi connectivity index (χ0) is 15.9. The summed E-state index contributed by atoms with van der Waals surface area (Å²) in [7, 11) is 0. The molecule has 0 unspecified atom stereocenters. The van der Waals surface area contributed by atoms with Gasteiger partial charge in [-0.2, -0.15) is 5.26 Å². The number of nitrogens with one attached hydrogen (secondary N) is 2. The maximum absolute atomic E-state index is 11.9. The third kappa shape index (κ3) is 4.53. The molecule has 2 rings (SSSR count). The molecule has 0 radical (unpaired) electrons. The maximum atomic E-state index is 11.9. The van der Waals surface area contributed by atoms with Crippen LogP contribution >= 0.6 is 0 Å². The highest BCUT2D eigenvalue weighted by Gasteiger charge is 2.04. The summed E-state index contributed by atoms with van der Waals surface area (Å²) in [4.78, 5) is 11.9. The molecule has 0 fully saturated rings. The lowest BCUT2D eigenvalue weighted by atomic mass is 10.2. The van der Waals surface area contributed by atoms with Gasteiger partial charge in [0.1, 0.15) is 5.75 Å². The Labute approximate surface area is 129 Å². The first kappa shape index (κ1) is 15.4. The quantitative estimate of drug-likeness (QED) is 0.895. The van der Waals surface area contributed by atoms with E-state index in [1.54, 1.807) is 48.5 Å². The SMILES string of the molecule is CC(C)Oc1ccc(NC(=O)Nc2cccc(C#N)c2)cc1. The molecule has 112 valence electrons. The number of amides is 2. The van der Waals surface area contributed by atoms with Crippen LogP contribution in [0.15, 0.2) is 48.5 Å². The summed E-state index contributed by atoms with van der Waals surface area (Å²) in [5.41, 5.74) is 1.72. The number of benzene rings is 2. The average Bonchev–Trinajstić information content (AvgIpc) is 2.49. The van der Waals surface area contributed by atoms with Crippen LogP contribution in [-0.4, -0.2) is 12.1 Å². The lowest BCUT2D eigenvalue weighted by Gasteiger charge is -2.11. The zero-order valence-electron chi connectivity index (χ0n) is 12.5. The standard InChI is InChI=1S/C17H17N3O2/c1-12(2)22-16-8-6-14(7-9-16)19-17(21)20-15-5-3-4-13(10-15)11-18/h3-10,12H,1-2H3,(H2,19,20,21). The van der Waals surface area contributed by atoms with Crippen molar-refractivity contribution in [2.45, 2.75) is 20.0 Å². The number of nitriles is 1. The Morgan fingerprint density at radius 3 is 2.41 bits per heavy atom. The Kier molecular flexibility index (Phi) is 4.99. The fraction of sp³-hybridized carbons (Fsp3) is 0.176. The van der Waals surface area contributed by atoms with E-state index in [1.807, 2.05) is 19.9 Å². The van der Waals surface area contributed by atoms with E-state index in [0.29, 0.717) is 16.9 Å². The molecule has 22 heavy (non-hydrogen) atoms. The third-order valence-electron chi connectivity index (χ3n) is 2.73. The van der Waals surface area contributed by atoms with Crippen molar-refractivity contribution in [3.8, 4) is 11.8 Å². The Bertz CT molecular complexity index is 688. The van der Waals surface area contributed by atoms with E-state index in [0.717, 1.165) is 5.75 Å². The van der Waals surface area contributed by atoms with Crippen LogP contribution in [0.1, 0.15) is 19.4 Å². The smallest absolute Gasteiger partial charge is 0.323 e. The molecule has 0 aliphatic carbocycles. The Morgan fingerprint density at radius 1 is 1.09 bits per heavy atom. The van der Waals surface area contributed by atoms with Crippen LogP contribution in [0.25, 0.3) is 0 Å². The van der Waals surface area contributed by atoms with E-state index in [9.17, 15) is 4.79 Å². The molecule has 2 aromatic rings. The van der Waals surface area contributed by atoms with Crippen molar-refractivity contribution in [2.24, 2.45) is 0 Å². The van der Waals surface area contributed by atoms with Gasteiger partial charge in [0.15, 0.2) is 0 Å². The van der Waals surface area contributed by atoms with Crippen LogP contribution in [0, 0.1) is 11.3 Å². The van der Waals surface area contributed by atoms with E-state index < -0.39 is 0 Å². The van der Waals surface area contributed by atoms with Crippen molar-refractivity contribution >= 4 is 17.4 Å². The monoisotopic (exact) mass is 295 g/mol. The molecule has 0 aliphatic heterocycles. The van der Waals surface area contributed by atoms with E-state index in [4.69, 9.17) is 10.00 Å². The summed E-state index contributed by atoms with van der Waals surface area (Å²) >= 11 is 0. The molecule has 0 atom stereocenters. The lowest BCUT2D eigenvalue weighted by Crippen LogP contribution is -2.19. The summed E-state index contributed by atoms with van der Waals surface area (Å²) in [5, 5.41) is 14.2. The zero-order valence-corrected chi connectivity index (χ0v) is 12.5. The molecule has 2 aromatic carbocycles. The van der Waals surface area contributed by atoms with Gasteiger partial charge in [-0.1, -0.05) is 6.07 Å². The number of nitrogens with zero attached hydrogens (tertiary/aromatic N) is 1. The molecule has 0 heterocycles. The van der Waals surface area contributed by atoms with Gasteiger partial charge in [0.25, 0.3) is 0 Å². The minimum absolute atomic E-state index is 0.106. The van der Waals surface area contributed by atoms with E-state index in [1.165, 1.54) is 0 Å². The van der Waals surface area contributed by atoms with Gasteiger partial charge in [-0.3, -0.25) is 0 Å². The largest absolute Gasteiger partial charge is 0.491 e. The molecule has 0 bridgehead atoms. The summed E-state index contributed by atoms with van der Waals surface area (Å²) in [6.07, 6.45) is 0.106. The molecular formula is C17H17N3O2. The van der Waals surface area contributed by atoms with Gasteiger partial charge in [-0.25, -0.2) is 4.79 Å². The fourth-order valence-electron chi connectivity index (χ4n) is 1.85. The van der Waals surface area contributed by atoms with E-state index in [2.05, 4.69) is 10.6 Å². The number of carbonyl (C=O) groups excluding carboxylic acids is 1. The summed E-state index contributed by atoms with van der Waals surface area (Å²) in [6, 6.07) is 15.5. The predicted octanol–water partition coefficient (Wildman–Crippen LogP) is 3.99. The van der Waals surface area contributed by atoms with Gasteiger partial charge in [0, 0.05) is 11.4 Å². The highest BCUT2D eigenvalue weighted by molar-refractivity contribution is 5.99. The Balaban J connectivity index is 1.95. The van der Waals surface area contributed by atoms with Crippen molar-refractivity contribution < 1.29 is 9.53 Å². The first-order valence-corrected chi connectivity index (χ1v) is 6.91. The van der Waals surface area contributed by atoms with Crippen LogP contribution in [-0.2, 0) is 0 Å². The van der Waals surface area contributed by atoms with Gasteiger partial charge in [-0.15, -0.1) is 0 Å². The van der Waals surface area contributed by atoms with Crippen molar-refractivity contribution in [1.82, 2.24) is 0 Å². The lowest BCUT2D eigenvalue weighted by molar-refractivity contribution is 0.242. The second-order valence-corrected chi connectivity index (χ2v) is 4.96. The van der Waals surface area contributed by atoms with E-state index in [-0.39, 0.29) is 12.1 Å².